The zero-order valence-corrected chi connectivity index (χ0v) is 10.0. The average Bonchev–Trinajstić information content (AvgIpc) is 2.78. The molecule has 1 fully saturated rings. The Morgan fingerprint density at radius 2 is 2.47 bits per heavy atom. The van der Waals surface area contributed by atoms with Crippen LogP contribution in [0.5, 0.6) is 0 Å². The summed E-state index contributed by atoms with van der Waals surface area (Å²) in [5, 5.41) is 3.01. The second kappa shape index (κ2) is 5.03. The van der Waals surface area contributed by atoms with E-state index < -0.39 is 0 Å². The Morgan fingerprint density at radius 3 is 3.12 bits per heavy atom. The van der Waals surface area contributed by atoms with Gasteiger partial charge >= 0.3 is 0 Å². The fourth-order valence-electron chi connectivity index (χ4n) is 2.00. The summed E-state index contributed by atoms with van der Waals surface area (Å²) < 4.78 is 0. The number of nitrogens with two attached hydrogens (primary N) is 1. The molecule has 1 saturated heterocycles. The van der Waals surface area contributed by atoms with Crippen LogP contribution in [0.25, 0.3) is 0 Å². The third-order valence-corrected chi connectivity index (χ3v) is 2.97. The number of rotatable bonds is 3. The first-order valence-corrected chi connectivity index (χ1v) is 5.95. The van der Waals surface area contributed by atoms with Crippen LogP contribution in [0.3, 0.4) is 0 Å². The van der Waals surface area contributed by atoms with Crippen LogP contribution in [-0.4, -0.2) is 30.0 Å². The molecule has 1 atom stereocenters. The summed E-state index contributed by atoms with van der Waals surface area (Å²) in [5.41, 5.74) is 6.27. The highest BCUT2D eigenvalue weighted by Crippen LogP contribution is 2.18. The van der Waals surface area contributed by atoms with Gasteiger partial charge < -0.3 is 16.0 Å². The van der Waals surface area contributed by atoms with E-state index in [1.165, 1.54) is 0 Å². The van der Waals surface area contributed by atoms with Crippen LogP contribution in [0.2, 0.25) is 0 Å². The van der Waals surface area contributed by atoms with E-state index in [2.05, 4.69) is 15.2 Å². The Bertz CT molecular complexity index is 390. The van der Waals surface area contributed by atoms with Crippen LogP contribution in [0.15, 0.2) is 18.3 Å². The summed E-state index contributed by atoms with van der Waals surface area (Å²) in [6.45, 7) is 3.61. The monoisotopic (exact) mass is 234 g/mol. The molecule has 1 aromatic heterocycles. The number of carbonyl (C=O) groups is 1. The lowest BCUT2D eigenvalue weighted by Crippen LogP contribution is -2.36. The van der Waals surface area contributed by atoms with Gasteiger partial charge in [-0.15, -0.1) is 0 Å². The van der Waals surface area contributed by atoms with Crippen LogP contribution in [0.4, 0.5) is 11.5 Å². The number of hydrogen-bond donors (Lipinski definition) is 2. The van der Waals surface area contributed by atoms with E-state index in [4.69, 9.17) is 5.73 Å². The first kappa shape index (κ1) is 11.7. The van der Waals surface area contributed by atoms with Gasteiger partial charge in [0.25, 0.3) is 0 Å². The molecule has 17 heavy (non-hydrogen) atoms. The van der Waals surface area contributed by atoms with Crippen molar-refractivity contribution in [2.75, 3.05) is 23.7 Å². The van der Waals surface area contributed by atoms with Crippen molar-refractivity contribution in [1.82, 2.24) is 10.3 Å². The Morgan fingerprint density at radius 1 is 1.65 bits per heavy atom. The van der Waals surface area contributed by atoms with Crippen molar-refractivity contribution in [3.8, 4) is 0 Å². The molecular weight excluding hydrogens is 216 g/mol. The molecule has 1 unspecified atom stereocenters. The van der Waals surface area contributed by atoms with E-state index in [1.807, 2.05) is 19.1 Å². The molecular formula is C12H18N4O. The number of hydrogen-bond acceptors (Lipinski definition) is 4. The molecule has 0 bridgehead atoms. The number of carbonyl (C=O) groups excluding carboxylic acids is 1. The van der Waals surface area contributed by atoms with Crippen molar-refractivity contribution in [3.05, 3.63) is 18.3 Å². The van der Waals surface area contributed by atoms with Crippen LogP contribution < -0.4 is 16.0 Å². The van der Waals surface area contributed by atoms with Crippen LogP contribution in [-0.2, 0) is 4.79 Å². The minimum atomic E-state index is 0.113. The minimum Gasteiger partial charge on any atom is -0.397 e. The van der Waals surface area contributed by atoms with Crippen molar-refractivity contribution >= 4 is 17.4 Å². The van der Waals surface area contributed by atoms with Crippen LogP contribution in [0, 0.1) is 0 Å². The van der Waals surface area contributed by atoms with Crippen molar-refractivity contribution in [1.29, 1.82) is 0 Å². The van der Waals surface area contributed by atoms with Gasteiger partial charge in [-0.2, -0.15) is 0 Å². The van der Waals surface area contributed by atoms with Gasteiger partial charge in [-0.25, -0.2) is 4.98 Å². The second-order valence-corrected chi connectivity index (χ2v) is 4.30. The Balaban J connectivity index is 1.93. The first-order valence-electron chi connectivity index (χ1n) is 5.95. The lowest BCUT2D eigenvalue weighted by molar-refractivity contribution is -0.121. The van der Waals surface area contributed by atoms with Crippen molar-refractivity contribution in [2.24, 2.45) is 0 Å². The molecule has 1 aromatic rings. The van der Waals surface area contributed by atoms with Crippen molar-refractivity contribution in [2.45, 2.75) is 25.8 Å². The van der Waals surface area contributed by atoms with E-state index in [0.717, 1.165) is 25.3 Å². The number of pyridine rings is 1. The standard InChI is InChI=1S/C12H18N4O/c1-2-12(17)15-10-5-6-16(8-10)11-4-3-9(13)7-14-11/h3-4,7,10H,2,5-6,8,13H2,1H3,(H,15,17). The quantitative estimate of drug-likeness (QED) is 0.810. The van der Waals surface area contributed by atoms with Gasteiger partial charge in [0.2, 0.25) is 5.91 Å². The average molecular weight is 234 g/mol. The third kappa shape index (κ3) is 2.87. The zero-order chi connectivity index (χ0) is 12.3. The predicted octanol–water partition coefficient (Wildman–Crippen LogP) is 0.769. The lowest BCUT2D eigenvalue weighted by atomic mass is 10.2. The maximum atomic E-state index is 11.3. The Kier molecular flexibility index (Phi) is 3.46. The molecule has 1 aliphatic rings. The molecule has 92 valence electrons. The Labute approximate surface area is 101 Å². The molecule has 2 heterocycles. The van der Waals surface area contributed by atoms with Gasteiger partial charge in [0.15, 0.2) is 0 Å². The van der Waals surface area contributed by atoms with Gasteiger partial charge in [-0.1, -0.05) is 6.92 Å². The topological polar surface area (TPSA) is 71.2 Å². The SMILES string of the molecule is CCC(=O)NC1CCN(c2ccc(N)cn2)C1. The largest absolute Gasteiger partial charge is 0.397 e. The minimum absolute atomic E-state index is 0.113. The number of anilines is 2. The molecule has 5 heteroatoms. The molecule has 1 aliphatic heterocycles. The maximum absolute atomic E-state index is 11.3. The molecule has 0 aromatic carbocycles. The number of aromatic nitrogens is 1. The van der Waals surface area contributed by atoms with E-state index in [9.17, 15) is 4.79 Å². The Hall–Kier alpha value is -1.78. The number of amides is 1. The fourth-order valence-corrected chi connectivity index (χ4v) is 2.00. The van der Waals surface area contributed by atoms with Gasteiger partial charge in [0, 0.05) is 25.6 Å². The highest BCUT2D eigenvalue weighted by molar-refractivity contribution is 5.76. The molecule has 3 N–H and O–H groups in total. The molecule has 1 amide bonds. The summed E-state index contributed by atoms with van der Waals surface area (Å²) in [5.74, 6) is 1.04. The summed E-state index contributed by atoms with van der Waals surface area (Å²) in [6.07, 6.45) is 3.17. The normalized spacial score (nSPS) is 19.4. The number of nitrogens with one attached hydrogen (secondary N) is 1. The summed E-state index contributed by atoms with van der Waals surface area (Å²) in [4.78, 5) is 17.7. The maximum Gasteiger partial charge on any atom is 0.219 e. The molecule has 5 nitrogen and oxygen atoms in total. The lowest BCUT2D eigenvalue weighted by Gasteiger charge is -2.17. The van der Waals surface area contributed by atoms with E-state index >= 15 is 0 Å². The van der Waals surface area contributed by atoms with Crippen LogP contribution >= 0.6 is 0 Å². The smallest absolute Gasteiger partial charge is 0.219 e. The summed E-state index contributed by atoms with van der Waals surface area (Å²) in [7, 11) is 0. The van der Waals surface area contributed by atoms with Crippen molar-refractivity contribution in [3.63, 3.8) is 0 Å². The predicted molar refractivity (Wildman–Crippen MR) is 67.7 cm³/mol. The van der Waals surface area contributed by atoms with Gasteiger partial charge in [0.1, 0.15) is 5.82 Å². The highest BCUT2D eigenvalue weighted by atomic mass is 16.1. The first-order chi connectivity index (χ1) is 8.19. The van der Waals surface area contributed by atoms with E-state index in [1.54, 1.807) is 6.20 Å². The third-order valence-electron chi connectivity index (χ3n) is 2.97. The molecule has 0 radical (unpaired) electrons. The van der Waals surface area contributed by atoms with E-state index in [-0.39, 0.29) is 11.9 Å². The van der Waals surface area contributed by atoms with E-state index in [0.29, 0.717) is 12.1 Å². The molecule has 0 saturated carbocycles. The zero-order valence-electron chi connectivity index (χ0n) is 10.0. The summed E-state index contributed by atoms with van der Waals surface area (Å²) >= 11 is 0. The number of nitrogen functional groups attached to an aromatic ring is 1. The fraction of sp³-hybridized carbons (Fsp3) is 0.500. The number of nitrogens with zero attached hydrogens (tertiary/aromatic N) is 2. The summed E-state index contributed by atoms with van der Waals surface area (Å²) in [6, 6.07) is 4.00. The highest BCUT2D eigenvalue weighted by Gasteiger charge is 2.24. The molecule has 0 aliphatic carbocycles. The molecule has 2 rings (SSSR count). The van der Waals surface area contributed by atoms with Crippen LogP contribution in [0.1, 0.15) is 19.8 Å². The van der Waals surface area contributed by atoms with Gasteiger partial charge in [0.05, 0.1) is 11.9 Å². The van der Waals surface area contributed by atoms with Crippen molar-refractivity contribution < 1.29 is 4.79 Å². The second-order valence-electron chi connectivity index (χ2n) is 4.30. The molecule has 0 spiro atoms. The van der Waals surface area contributed by atoms with Gasteiger partial charge in [-0.05, 0) is 18.6 Å². The van der Waals surface area contributed by atoms with Gasteiger partial charge in [-0.3, -0.25) is 4.79 Å².